The van der Waals surface area contributed by atoms with E-state index < -0.39 is 0 Å². The van der Waals surface area contributed by atoms with Crippen molar-refractivity contribution >= 4 is 23.2 Å². The maximum absolute atomic E-state index is 12.7. The highest BCUT2D eigenvalue weighted by Crippen LogP contribution is 2.39. The summed E-state index contributed by atoms with van der Waals surface area (Å²) in [6.07, 6.45) is 0. The summed E-state index contributed by atoms with van der Waals surface area (Å²) in [6, 6.07) is 10.7. The molecular weight excluding hydrogens is 280 g/mol. The second kappa shape index (κ2) is 5.18. The number of amides is 2. The Morgan fingerprint density at radius 3 is 2.59 bits per heavy atom. The molecule has 2 amide bonds. The first-order valence-corrected chi connectivity index (χ1v) is 6.94. The highest BCUT2D eigenvalue weighted by molar-refractivity contribution is 6.10. The van der Waals surface area contributed by atoms with Crippen molar-refractivity contribution in [3.63, 3.8) is 0 Å². The van der Waals surface area contributed by atoms with Crippen molar-refractivity contribution in [3.05, 3.63) is 47.5 Å². The summed E-state index contributed by atoms with van der Waals surface area (Å²) in [7, 11) is 1.71. The van der Waals surface area contributed by atoms with Crippen LogP contribution in [0, 0.1) is 6.92 Å². The maximum Gasteiger partial charge on any atom is 0.261 e. The number of fused-ring (bicyclic) bond motifs is 2. The fourth-order valence-corrected chi connectivity index (χ4v) is 2.45. The number of ether oxygens (including phenoxy) is 1. The number of nitrogens with zero attached hydrogens (tertiary/aromatic N) is 1. The molecule has 0 radical (unpaired) electrons. The molecule has 5 heteroatoms. The van der Waals surface area contributed by atoms with Crippen molar-refractivity contribution in [1.29, 1.82) is 0 Å². The zero-order valence-corrected chi connectivity index (χ0v) is 12.6. The zero-order valence-electron chi connectivity index (χ0n) is 12.6. The van der Waals surface area contributed by atoms with Crippen LogP contribution in [0.4, 0.5) is 11.4 Å². The van der Waals surface area contributed by atoms with Gasteiger partial charge in [0.2, 0.25) is 5.91 Å². The van der Waals surface area contributed by atoms with Crippen molar-refractivity contribution in [2.45, 2.75) is 13.8 Å². The molecule has 112 valence electrons. The van der Waals surface area contributed by atoms with Crippen LogP contribution in [-0.2, 0) is 4.79 Å². The number of nitrogens with one attached hydrogen (secondary N) is 1. The van der Waals surface area contributed by atoms with Crippen LogP contribution in [0.5, 0.6) is 11.5 Å². The lowest BCUT2D eigenvalue weighted by molar-refractivity contribution is -0.114. The van der Waals surface area contributed by atoms with Gasteiger partial charge in [0.15, 0.2) is 5.75 Å². The van der Waals surface area contributed by atoms with Crippen LogP contribution in [0.2, 0.25) is 0 Å². The van der Waals surface area contributed by atoms with Crippen LogP contribution in [0.1, 0.15) is 22.8 Å². The summed E-state index contributed by atoms with van der Waals surface area (Å²) in [5.41, 5.74) is 2.76. The first-order valence-electron chi connectivity index (χ1n) is 6.94. The number of carbonyl (C=O) groups excluding carboxylic acids is 2. The SMILES string of the molecule is CC(=O)Nc1ccc2c(c1)C(=O)N(C)c1cc(C)ccc1O2. The Bertz CT molecular complexity index is 783. The topological polar surface area (TPSA) is 58.6 Å². The Balaban J connectivity index is 2.10. The minimum absolute atomic E-state index is 0.174. The van der Waals surface area contributed by atoms with Crippen molar-refractivity contribution in [2.24, 2.45) is 0 Å². The van der Waals surface area contributed by atoms with E-state index in [0.29, 0.717) is 22.7 Å². The van der Waals surface area contributed by atoms with Crippen LogP contribution in [0.25, 0.3) is 0 Å². The Labute approximate surface area is 128 Å². The van der Waals surface area contributed by atoms with Gasteiger partial charge in [0.1, 0.15) is 5.75 Å². The van der Waals surface area contributed by atoms with Crippen LogP contribution in [0.15, 0.2) is 36.4 Å². The number of rotatable bonds is 1. The third kappa shape index (κ3) is 2.41. The lowest BCUT2D eigenvalue weighted by Gasteiger charge is -2.16. The van der Waals surface area contributed by atoms with Gasteiger partial charge in [0, 0.05) is 19.7 Å². The molecule has 0 unspecified atom stereocenters. The van der Waals surface area contributed by atoms with Gasteiger partial charge in [-0.2, -0.15) is 0 Å². The smallest absolute Gasteiger partial charge is 0.261 e. The second-order valence-electron chi connectivity index (χ2n) is 5.33. The summed E-state index contributed by atoms with van der Waals surface area (Å²) >= 11 is 0. The largest absolute Gasteiger partial charge is 0.454 e. The van der Waals surface area contributed by atoms with Gasteiger partial charge in [0.25, 0.3) is 5.91 Å². The van der Waals surface area contributed by atoms with E-state index in [1.165, 1.54) is 6.92 Å². The predicted octanol–water partition coefficient (Wildman–Crippen LogP) is 3.34. The van der Waals surface area contributed by atoms with E-state index in [4.69, 9.17) is 4.74 Å². The van der Waals surface area contributed by atoms with E-state index in [1.807, 2.05) is 25.1 Å². The van der Waals surface area contributed by atoms with Crippen molar-refractivity contribution < 1.29 is 14.3 Å². The third-order valence-corrected chi connectivity index (χ3v) is 3.53. The van der Waals surface area contributed by atoms with E-state index in [2.05, 4.69) is 5.32 Å². The molecule has 1 N–H and O–H groups in total. The first-order chi connectivity index (χ1) is 10.5. The number of benzene rings is 2. The van der Waals surface area contributed by atoms with E-state index in [9.17, 15) is 9.59 Å². The Hall–Kier alpha value is -2.82. The lowest BCUT2D eigenvalue weighted by Crippen LogP contribution is -2.25. The summed E-state index contributed by atoms with van der Waals surface area (Å²) in [5.74, 6) is 0.752. The highest BCUT2D eigenvalue weighted by atomic mass is 16.5. The molecule has 0 aliphatic carbocycles. The number of hydrogen-bond acceptors (Lipinski definition) is 3. The standard InChI is InChI=1S/C17H16N2O3/c1-10-4-6-16-14(8-10)19(3)17(21)13-9-12(18-11(2)20)5-7-15(13)22-16/h4-9H,1-3H3,(H,18,20). The fourth-order valence-electron chi connectivity index (χ4n) is 2.45. The van der Waals surface area contributed by atoms with Gasteiger partial charge in [-0.3, -0.25) is 9.59 Å². The zero-order chi connectivity index (χ0) is 15.9. The number of anilines is 2. The Morgan fingerprint density at radius 1 is 1.14 bits per heavy atom. The molecule has 3 rings (SSSR count). The van der Waals surface area contributed by atoms with E-state index in [-0.39, 0.29) is 11.8 Å². The molecule has 22 heavy (non-hydrogen) atoms. The van der Waals surface area contributed by atoms with E-state index in [1.54, 1.807) is 30.1 Å². The Morgan fingerprint density at radius 2 is 1.86 bits per heavy atom. The molecule has 0 saturated carbocycles. The summed E-state index contributed by atoms with van der Waals surface area (Å²) in [5, 5.41) is 2.68. The quantitative estimate of drug-likeness (QED) is 0.878. The van der Waals surface area contributed by atoms with Gasteiger partial charge in [-0.15, -0.1) is 0 Å². The summed E-state index contributed by atoms with van der Waals surface area (Å²) < 4.78 is 5.88. The molecule has 1 heterocycles. The molecule has 0 fully saturated rings. The lowest BCUT2D eigenvalue weighted by atomic mass is 10.1. The molecule has 0 bridgehead atoms. The van der Waals surface area contributed by atoms with Crippen LogP contribution in [-0.4, -0.2) is 18.9 Å². The van der Waals surface area contributed by atoms with Crippen molar-refractivity contribution in [3.8, 4) is 11.5 Å². The van der Waals surface area contributed by atoms with Crippen molar-refractivity contribution in [2.75, 3.05) is 17.3 Å². The molecule has 1 aliphatic rings. The molecule has 2 aromatic rings. The predicted molar refractivity (Wildman–Crippen MR) is 84.7 cm³/mol. The monoisotopic (exact) mass is 296 g/mol. The molecule has 1 aliphatic heterocycles. The highest BCUT2D eigenvalue weighted by Gasteiger charge is 2.26. The van der Waals surface area contributed by atoms with Crippen LogP contribution < -0.4 is 15.0 Å². The van der Waals surface area contributed by atoms with Gasteiger partial charge in [-0.25, -0.2) is 0 Å². The summed E-state index contributed by atoms with van der Waals surface area (Å²) in [6.45, 7) is 3.39. The molecule has 0 spiro atoms. The molecular formula is C17H16N2O3. The van der Waals surface area contributed by atoms with Crippen LogP contribution >= 0.6 is 0 Å². The average Bonchev–Trinajstić information content (AvgIpc) is 2.57. The minimum atomic E-state index is -0.186. The van der Waals surface area contributed by atoms with Gasteiger partial charge >= 0.3 is 0 Å². The number of aryl methyl sites for hydroxylation is 1. The molecule has 0 aromatic heterocycles. The minimum Gasteiger partial charge on any atom is -0.454 e. The second-order valence-corrected chi connectivity index (χ2v) is 5.33. The van der Waals surface area contributed by atoms with Gasteiger partial charge in [0.05, 0.1) is 11.3 Å². The van der Waals surface area contributed by atoms with Gasteiger partial charge in [-0.05, 0) is 42.8 Å². The molecule has 2 aromatic carbocycles. The van der Waals surface area contributed by atoms with Gasteiger partial charge in [-0.1, -0.05) is 6.07 Å². The average molecular weight is 296 g/mol. The number of hydrogen-bond donors (Lipinski definition) is 1. The maximum atomic E-state index is 12.7. The molecule has 0 atom stereocenters. The van der Waals surface area contributed by atoms with E-state index in [0.717, 1.165) is 11.3 Å². The fraction of sp³-hybridized carbons (Fsp3) is 0.176. The molecule has 5 nitrogen and oxygen atoms in total. The Kier molecular flexibility index (Phi) is 3.33. The third-order valence-electron chi connectivity index (χ3n) is 3.53. The normalized spacial score (nSPS) is 12.9. The van der Waals surface area contributed by atoms with Crippen LogP contribution in [0.3, 0.4) is 0 Å². The summed E-state index contributed by atoms with van der Waals surface area (Å²) in [4.78, 5) is 25.4. The first kappa shape index (κ1) is 14.1. The number of carbonyl (C=O) groups is 2. The molecule has 0 saturated heterocycles. The van der Waals surface area contributed by atoms with Gasteiger partial charge < -0.3 is 15.0 Å². The van der Waals surface area contributed by atoms with Crippen molar-refractivity contribution in [1.82, 2.24) is 0 Å². The van der Waals surface area contributed by atoms with E-state index >= 15 is 0 Å².